The number of hydrogen-bond donors (Lipinski definition) is 1. The van der Waals surface area contributed by atoms with Crippen molar-refractivity contribution in [1.29, 1.82) is 0 Å². The molecule has 14 heavy (non-hydrogen) atoms. The average molecular weight is 194 g/mol. The lowest BCUT2D eigenvalue weighted by atomic mass is 10.2. The largest absolute Gasteiger partial charge is 0.375 e. The minimum Gasteiger partial charge on any atom is -0.375 e. The minimum absolute atomic E-state index is 0.0540. The molecule has 0 aliphatic carbocycles. The number of hydrogen-bond acceptors (Lipinski definition) is 3. The Kier molecular flexibility index (Phi) is 2.54. The highest BCUT2D eigenvalue weighted by atomic mass is 16.5. The quantitative estimate of drug-likeness (QED) is 0.712. The molecule has 0 saturated carbocycles. The molecule has 0 amide bonds. The van der Waals surface area contributed by atoms with E-state index in [1.807, 2.05) is 13.0 Å². The number of aromatic amines is 1. The summed E-state index contributed by atoms with van der Waals surface area (Å²) in [6.45, 7) is 4.48. The van der Waals surface area contributed by atoms with Gasteiger partial charge in [0.15, 0.2) is 0 Å². The van der Waals surface area contributed by atoms with Gasteiger partial charge in [-0.3, -0.25) is 4.79 Å². The van der Waals surface area contributed by atoms with E-state index >= 15 is 0 Å². The summed E-state index contributed by atoms with van der Waals surface area (Å²) in [5.74, 6) is 0. The highest BCUT2D eigenvalue weighted by Gasteiger charge is 2.16. The lowest BCUT2D eigenvalue weighted by Gasteiger charge is -2.32. The molecular formula is C10H14N2O2. The van der Waals surface area contributed by atoms with Gasteiger partial charge >= 0.3 is 0 Å². The maximum atomic E-state index is 11.1. The highest BCUT2D eigenvalue weighted by Crippen LogP contribution is 2.14. The Morgan fingerprint density at radius 2 is 2.50 bits per heavy atom. The van der Waals surface area contributed by atoms with Crippen LogP contribution in [0.15, 0.2) is 23.1 Å². The molecule has 1 aliphatic rings. The second-order valence-electron chi connectivity index (χ2n) is 3.54. The van der Waals surface area contributed by atoms with Crippen molar-refractivity contribution in [3.05, 3.63) is 28.7 Å². The highest BCUT2D eigenvalue weighted by molar-refractivity contribution is 5.44. The van der Waals surface area contributed by atoms with Crippen LogP contribution in [-0.4, -0.2) is 30.8 Å². The van der Waals surface area contributed by atoms with E-state index < -0.39 is 0 Å². The molecular weight excluding hydrogens is 180 g/mol. The first-order valence-corrected chi connectivity index (χ1v) is 4.81. The molecule has 1 N–H and O–H groups in total. The second-order valence-corrected chi connectivity index (χ2v) is 3.54. The summed E-state index contributed by atoms with van der Waals surface area (Å²) >= 11 is 0. The molecule has 0 radical (unpaired) electrons. The number of nitrogens with one attached hydrogen (secondary N) is 1. The fourth-order valence-corrected chi connectivity index (χ4v) is 1.68. The van der Waals surface area contributed by atoms with Gasteiger partial charge in [-0.25, -0.2) is 0 Å². The summed E-state index contributed by atoms with van der Waals surface area (Å²) < 4.78 is 5.43. The van der Waals surface area contributed by atoms with Crippen LogP contribution in [0, 0.1) is 0 Å². The lowest BCUT2D eigenvalue weighted by molar-refractivity contribution is 0.0532. The van der Waals surface area contributed by atoms with Gasteiger partial charge in [-0.05, 0) is 13.0 Å². The summed E-state index contributed by atoms with van der Waals surface area (Å²) in [7, 11) is 0. The fraction of sp³-hybridized carbons (Fsp3) is 0.500. The first-order valence-electron chi connectivity index (χ1n) is 4.81. The van der Waals surface area contributed by atoms with Crippen LogP contribution in [-0.2, 0) is 4.74 Å². The number of pyridine rings is 1. The maximum Gasteiger partial charge on any atom is 0.249 e. The van der Waals surface area contributed by atoms with E-state index in [4.69, 9.17) is 4.74 Å². The van der Waals surface area contributed by atoms with Crippen LogP contribution >= 0.6 is 0 Å². The molecule has 0 bridgehead atoms. The number of anilines is 1. The summed E-state index contributed by atoms with van der Waals surface area (Å²) in [5.41, 5.74) is 0.922. The van der Waals surface area contributed by atoms with Gasteiger partial charge in [0.05, 0.1) is 12.7 Å². The molecule has 2 rings (SSSR count). The van der Waals surface area contributed by atoms with E-state index in [0.717, 1.165) is 25.4 Å². The number of aromatic nitrogens is 1. The van der Waals surface area contributed by atoms with Gasteiger partial charge in [-0.15, -0.1) is 0 Å². The zero-order valence-corrected chi connectivity index (χ0v) is 8.19. The Morgan fingerprint density at radius 3 is 3.21 bits per heavy atom. The minimum atomic E-state index is -0.0540. The molecule has 2 heterocycles. The van der Waals surface area contributed by atoms with Gasteiger partial charge in [-0.1, -0.05) is 0 Å². The zero-order chi connectivity index (χ0) is 9.97. The molecule has 1 fully saturated rings. The predicted octanol–water partition coefficient (Wildman–Crippen LogP) is 0.600. The molecule has 1 atom stereocenters. The van der Waals surface area contributed by atoms with Crippen molar-refractivity contribution in [1.82, 2.24) is 4.98 Å². The molecule has 1 aromatic rings. The predicted molar refractivity (Wildman–Crippen MR) is 54.7 cm³/mol. The summed E-state index contributed by atoms with van der Waals surface area (Å²) in [5, 5.41) is 0. The van der Waals surface area contributed by atoms with Crippen LogP contribution in [0.25, 0.3) is 0 Å². The van der Waals surface area contributed by atoms with Crippen LogP contribution in [0.3, 0.4) is 0 Å². The number of ether oxygens (including phenoxy) is 1. The first kappa shape index (κ1) is 9.27. The van der Waals surface area contributed by atoms with Crippen molar-refractivity contribution >= 4 is 5.69 Å². The summed E-state index contributed by atoms with van der Waals surface area (Å²) in [4.78, 5) is 15.9. The van der Waals surface area contributed by atoms with E-state index in [2.05, 4.69) is 9.88 Å². The Hall–Kier alpha value is -1.29. The maximum absolute atomic E-state index is 11.1. The van der Waals surface area contributed by atoms with Gasteiger partial charge in [0, 0.05) is 31.0 Å². The van der Waals surface area contributed by atoms with Gasteiger partial charge < -0.3 is 14.6 Å². The van der Waals surface area contributed by atoms with E-state index in [-0.39, 0.29) is 11.7 Å². The van der Waals surface area contributed by atoms with Gasteiger partial charge in [0.1, 0.15) is 0 Å². The number of H-pyrrole nitrogens is 1. The molecule has 4 nitrogen and oxygen atoms in total. The van der Waals surface area contributed by atoms with Crippen molar-refractivity contribution in [2.45, 2.75) is 13.0 Å². The standard InChI is InChI=1S/C10H14N2O2/c1-8-7-12(4-5-14-8)9-2-3-11-10(13)6-9/h2-3,6,8H,4-5,7H2,1H3,(H,11,13)/t8-/m1/s1. The number of rotatable bonds is 1. The third kappa shape index (κ3) is 1.96. The van der Waals surface area contributed by atoms with Gasteiger partial charge in [-0.2, -0.15) is 0 Å². The SMILES string of the molecule is C[C@@H]1CN(c2cc[nH]c(=O)c2)CCO1. The third-order valence-electron chi connectivity index (χ3n) is 2.36. The zero-order valence-electron chi connectivity index (χ0n) is 8.19. The van der Waals surface area contributed by atoms with E-state index in [9.17, 15) is 4.79 Å². The Bertz CT molecular complexity index is 361. The summed E-state index contributed by atoms with van der Waals surface area (Å²) in [6, 6.07) is 3.54. The van der Waals surface area contributed by atoms with Crippen LogP contribution in [0.1, 0.15) is 6.92 Å². The van der Waals surface area contributed by atoms with Crippen LogP contribution < -0.4 is 10.5 Å². The van der Waals surface area contributed by atoms with Crippen molar-refractivity contribution in [2.75, 3.05) is 24.6 Å². The smallest absolute Gasteiger partial charge is 0.249 e. The lowest BCUT2D eigenvalue weighted by Crippen LogP contribution is -2.41. The van der Waals surface area contributed by atoms with E-state index in [0.29, 0.717) is 0 Å². The Morgan fingerprint density at radius 1 is 1.64 bits per heavy atom. The molecule has 1 aliphatic heterocycles. The van der Waals surface area contributed by atoms with E-state index in [1.54, 1.807) is 12.3 Å². The van der Waals surface area contributed by atoms with Crippen LogP contribution in [0.4, 0.5) is 5.69 Å². The van der Waals surface area contributed by atoms with Crippen molar-refractivity contribution < 1.29 is 4.74 Å². The van der Waals surface area contributed by atoms with Crippen LogP contribution in [0.5, 0.6) is 0 Å². The molecule has 1 saturated heterocycles. The van der Waals surface area contributed by atoms with Gasteiger partial charge in [0.25, 0.3) is 0 Å². The Labute approximate surface area is 82.5 Å². The average Bonchev–Trinajstić information content (AvgIpc) is 2.18. The molecule has 4 heteroatoms. The molecule has 1 aromatic heterocycles. The number of nitrogens with zero attached hydrogens (tertiary/aromatic N) is 1. The van der Waals surface area contributed by atoms with Crippen molar-refractivity contribution in [3.8, 4) is 0 Å². The first-order chi connectivity index (χ1) is 6.75. The molecule has 0 spiro atoms. The topological polar surface area (TPSA) is 45.3 Å². The number of morpholine rings is 1. The monoisotopic (exact) mass is 194 g/mol. The normalized spacial score (nSPS) is 22.4. The van der Waals surface area contributed by atoms with Crippen molar-refractivity contribution in [2.24, 2.45) is 0 Å². The van der Waals surface area contributed by atoms with Crippen LogP contribution in [0.2, 0.25) is 0 Å². The molecule has 0 aromatic carbocycles. The second kappa shape index (κ2) is 3.84. The van der Waals surface area contributed by atoms with E-state index in [1.165, 1.54) is 0 Å². The third-order valence-corrected chi connectivity index (χ3v) is 2.36. The molecule has 0 unspecified atom stereocenters. The van der Waals surface area contributed by atoms with Crippen molar-refractivity contribution in [3.63, 3.8) is 0 Å². The molecule has 76 valence electrons. The van der Waals surface area contributed by atoms with Gasteiger partial charge in [0.2, 0.25) is 5.56 Å². The summed E-state index contributed by atoms with van der Waals surface area (Å²) in [6.07, 6.45) is 1.92. The fourth-order valence-electron chi connectivity index (χ4n) is 1.68. The Balaban J connectivity index is 2.18.